The lowest BCUT2D eigenvalue weighted by atomic mass is 10.1. The Balaban J connectivity index is 1.33. The van der Waals surface area contributed by atoms with Crippen LogP contribution in [0.1, 0.15) is 30.6 Å². The maximum absolute atomic E-state index is 13.0. The summed E-state index contributed by atoms with van der Waals surface area (Å²) in [5, 5.41) is 10.3. The van der Waals surface area contributed by atoms with E-state index in [9.17, 15) is 9.50 Å². The first-order valence-electron chi connectivity index (χ1n) is 10.2. The van der Waals surface area contributed by atoms with E-state index in [1.807, 2.05) is 6.07 Å². The van der Waals surface area contributed by atoms with Crippen molar-refractivity contribution in [3.63, 3.8) is 0 Å². The molecule has 0 bridgehead atoms. The van der Waals surface area contributed by atoms with Gasteiger partial charge >= 0.3 is 0 Å². The number of nitrogens with zero attached hydrogens (tertiary/aromatic N) is 2. The van der Waals surface area contributed by atoms with Gasteiger partial charge in [-0.3, -0.25) is 4.90 Å². The molecular weight excluding hydrogens is 355 g/mol. The van der Waals surface area contributed by atoms with Crippen LogP contribution in [0.3, 0.4) is 0 Å². The molecule has 1 N–H and O–H groups in total. The van der Waals surface area contributed by atoms with Crippen molar-refractivity contribution in [2.24, 2.45) is 0 Å². The van der Waals surface area contributed by atoms with Crippen LogP contribution in [0.4, 0.5) is 4.39 Å². The summed E-state index contributed by atoms with van der Waals surface area (Å²) in [6, 6.07) is 16.5. The number of hydrogen-bond donors (Lipinski definition) is 1. The highest BCUT2D eigenvalue weighted by atomic mass is 19.1. The smallest absolute Gasteiger partial charge is 0.123 e. The quantitative estimate of drug-likeness (QED) is 0.716. The van der Waals surface area contributed by atoms with Crippen LogP contribution in [-0.2, 0) is 11.2 Å². The molecule has 2 aromatic rings. The van der Waals surface area contributed by atoms with Crippen LogP contribution in [0, 0.1) is 5.82 Å². The number of halogens is 1. The third-order valence-electron chi connectivity index (χ3n) is 5.49. The molecule has 2 unspecified atom stereocenters. The number of hydrogen-bond acceptors (Lipinski definition) is 4. The molecule has 152 valence electrons. The molecule has 1 aliphatic rings. The lowest BCUT2D eigenvalue weighted by Gasteiger charge is -2.38. The van der Waals surface area contributed by atoms with Crippen LogP contribution in [0.15, 0.2) is 54.6 Å². The van der Waals surface area contributed by atoms with Gasteiger partial charge in [-0.1, -0.05) is 42.5 Å². The van der Waals surface area contributed by atoms with E-state index in [1.165, 1.54) is 17.7 Å². The third-order valence-corrected chi connectivity index (χ3v) is 5.49. The van der Waals surface area contributed by atoms with Crippen LogP contribution in [0.5, 0.6) is 0 Å². The minimum absolute atomic E-state index is 0.121. The molecule has 0 radical (unpaired) electrons. The summed E-state index contributed by atoms with van der Waals surface area (Å²) in [4.78, 5) is 4.75. The average Bonchev–Trinajstić information content (AvgIpc) is 2.73. The monoisotopic (exact) mass is 386 g/mol. The van der Waals surface area contributed by atoms with Gasteiger partial charge in [0.25, 0.3) is 0 Å². The van der Waals surface area contributed by atoms with Gasteiger partial charge in [-0.05, 0) is 43.0 Å². The van der Waals surface area contributed by atoms with E-state index < -0.39 is 6.10 Å². The molecule has 3 rings (SSSR count). The Morgan fingerprint density at radius 1 is 1.00 bits per heavy atom. The maximum atomic E-state index is 13.0. The molecule has 0 saturated carbocycles. The molecule has 0 aromatic heterocycles. The van der Waals surface area contributed by atoms with Crippen LogP contribution >= 0.6 is 0 Å². The standard InChI is InChI=1S/C23H31FN2O2/c1-19(28-18-12-20-5-3-2-4-6-20)26-16-14-25(15-17-26)13-11-23(27)21-7-9-22(24)10-8-21/h2-10,19,23,27H,11-18H2,1H3. The minimum Gasteiger partial charge on any atom is -0.388 e. The van der Waals surface area contributed by atoms with Crippen LogP contribution in [0.2, 0.25) is 0 Å². The van der Waals surface area contributed by atoms with E-state index in [0.717, 1.165) is 51.3 Å². The predicted octanol–water partition coefficient (Wildman–Crippen LogP) is 3.47. The maximum Gasteiger partial charge on any atom is 0.123 e. The molecule has 2 atom stereocenters. The second kappa shape index (κ2) is 10.7. The molecule has 5 heteroatoms. The summed E-state index contributed by atoms with van der Waals surface area (Å²) >= 11 is 0. The third kappa shape index (κ3) is 6.38. The number of piperazine rings is 1. The number of aliphatic hydroxyl groups excluding tert-OH is 1. The molecule has 0 aliphatic carbocycles. The van der Waals surface area contributed by atoms with E-state index in [-0.39, 0.29) is 12.0 Å². The molecule has 1 aliphatic heterocycles. The normalized spacial score (nSPS) is 18.1. The highest BCUT2D eigenvalue weighted by molar-refractivity contribution is 5.18. The van der Waals surface area contributed by atoms with Gasteiger partial charge < -0.3 is 14.7 Å². The van der Waals surface area contributed by atoms with Gasteiger partial charge in [-0.25, -0.2) is 4.39 Å². The van der Waals surface area contributed by atoms with Crippen LogP contribution in [-0.4, -0.2) is 60.5 Å². The highest BCUT2D eigenvalue weighted by Gasteiger charge is 2.22. The van der Waals surface area contributed by atoms with Gasteiger partial charge in [0.05, 0.1) is 12.7 Å². The van der Waals surface area contributed by atoms with E-state index >= 15 is 0 Å². The molecule has 1 heterocycles. The van der Waals surface area contributed by atoms with Gasteiger partial charge in [0.1, 0.15) is 12.0 Å². The fourth-order valence-electron chi connectivity index (χ4n) is 3.60. The van der Waals surface area contributed by atoms with Crippen LogP contribution < -0.4 is 0 Å². The predicted molar refractivity (Wildman–Crippen MR) is 110 cm³/mol. The Bertz CT molecular complexity index is 688. The first-order valence-corrected chi connectivity index (χ1v) is 10.2. The lowest BCUT2D eigenvalue weighted by Crippen LogP contribution is -2.50. The summed E-state index contributed by atoms with van der Waals surface area (Å²) in [5.74, 6) is -0.271. The first-order chi connectivity index (χ1) is 13.6. The van der Waals surface area contributed by atoms with Crippen molar-refractivity contribution in [2.75, 3.05) is 39.3 Å². The van der Waals surface area contributed by atoms with E-state index in [1.54, 1.807) is 12.1 Å². The fraction of sp³-hybridized carbons (Fsp3) is 0.478. The van der Waals surface area contributed by atoms with Crippen molar-refractivity contribution in [1.29, 1.82) is 0 Å². The zero-order chi connectivity index (χ0) is 19.8. The second-order valence-electron chi connectivity index (χ2n) is 7.44. The SMILES string of the molecule is CC(OCCc1ccccc1)N1CCN(CCC(O)c2ccc(F)cc2)CC1. The Hall–Kier alpha value is -1.79. The summed E-state index contributed by atoms with van der Waals surface area (Å²) < 4.78 is 19.0. The van der Waals surface area contributed by atoms with Crippen molar-refractivity contribution < 1.29 is 14.2 Å². The topological polar surface area (TPSA) is 35.9 Å². The molecule has 28 heavy (non-hydrogen) atoms. The number of ether oxygens (including phenoxy) is 1. The van der Waals surface area contributed by atoms with Crippen LogP contribution in [0.25, 0.3) is 0 Å². The number of rotatable bonds is 9. The van der Waals surface area contributed by atoms with Gasteiger partial charge in [-0.2, -0.15) is 0 Å². The fourth-order valence-corrected chi connectivity index (χ4v) is 3.60. The molecule has 0 spiro atoms. The Morgan fingerprint density at radius 2 is 1.68 bits per heavy atom. The van der Waals surface area contributed by atoms with Crippen molar-refractivity contribution in [2.45, 2.75) is 32.1 Å². The van der Waals surface area contributed by atoms with Gasteiger partial charge in [0.2, 0.25) is 0 Å². The Kier molecular flexibility index (Phi) is 7.98. The first kappa shape index (κ1) is 20.9. The summed E-state index contributed by atoms with van der Waals surface area (Å²) in [6.45, 7) is 7.59. The Labute approximate surface area is 167 Å². The molecule has 2 aromatic carbocycles. The van der Waals surface area contributed by atoms with E-state index in [2.05, 4.69) is 41.0 Å². The lowest BCUT2D eigenvalue weighted by molar-refractivity contribution is -0.0647. The average molecular weight is 387 g/mol. The van der Waals surface area contributed by atoms with Crippen molar-refractivity contribution in [1.82, 2.24) is 9.80 Å². The molecule has 4 nitrogen and oxygen atoms in total. The zero-order valence-corrected chi connectivity index (χ0v) is 16.6. The van der Waals surface area contributed by atoms with Gasteiger partial charge in [-0.15, -0.1) is 0 Å². The summed E-state index contributed by atoms with van der Waals surface area (Å²) in [5.41, 5.74) is 2.08. The van der Waals surface area contributed by atoms with E-state index in [4.69, 9.17) is 4.74 Å². The van der Waals surface area contributed by atoms with Crippen molar-refractivity contribution in [3.05, 3.63) is 71.5 Å². The van der Waals surface area contributed by atoms with E-state index in [0.29, 0.717) is 6.42 Å². The largest absolute Gasteiger partial charge is 0.388 e. The van der Waals surface area contributed by atoms with Crippen molar-refractivity contribution >= 4 is 0 Å². The second-order valence-corrected chi connectivity index (χ2v) is 7.44. The zero-order valence-electron chi connectivity index (χ0n) is 16.6. The summed E-state index contributed by atoms with van der Waals surface area (Å²) in [6.07, 6.45) is 1.18. The molecular formula is C23H31FN2O2. The molecule has 1 fully saturated rings. The number of benzene rings is 2. The van der Waals surface area contributed by atoms with Gasteiger partial charge in [0, 0.05) is 32.7 Å². The minimum atomic E-state index is -0.543. The van der Waals surface area contributed by atoms with Crippen molar-refractivity contribution in [3.8, 4) is 0 Å². The Morgan fingerprint density at radius 3 is 2.36 bits per heavy atom. The highest BCUT2D eigenvalue weighted by Crippen LogP contribution is 2.18. The number of aliphatic hydroxyl groups is 1. The summed E-state index contributed by atoms with van der Waals surface area (Å²) in [7, 11) is 0. The van der Waals surface area contributed by atoms with Gasteiger partial charge in [0.15, 0.2) is 0 Å². The molecule has 1 saturated heterocycles. The molecule has 0 amide bonds.